The van der Waals surface area contributed by atoms with Gasteiger partial charge < -0.3 is 9.97 Å². The Kier molecular flexibility index (Phi) is 4.87. The summed E-state index contributed by atoms with van der Waals surface area (Å²) in [5.74, 6) is 0. The molecule has 5 heteroatoms. The summed E-state index contributed by atoms with van der Waals surface area (Å²) < 4.78 is 0. The van der Waals surface area contributed by atoms with Crippen molar-refractivity contribution >= 4 is 33.6 Å². The highest BCUT2D eigenvalue weighted by atomic mass is 32.2. The average molecular weight is 370 g/mol. The molecule has 0 aliphatic carbocycles. The lowest BCUT2D eigenvalue weighted by atomic mass is 10.2. The van der Waals surface area contributed by atoms with E-state index >= 15 is 0 Å². The Morgan fingerprint density at radius 3 is 1.59 bits per heavy atom. The summed E-state index contributed by atoms with van der Waals surface area (Å²) in [6, 6.07) is 25.0. The molecule has 4 aromatic rings. The van der Waals surface area contributed by atoms with E-state index in [9.17, 15) is 10.5 Å². The van der Waals surface area contributed by atoms with Gasteiger partial charge in [-0.2, -0.15) is 10.5 Å². The molecule has 27 heavy (non-hydrogen) atoms. The van der Waals surface area contributed by atoms with Crippen LogP contribution in [0.3, 0.4) is 0 Å². The number of hydrogen-bond acceptors (Lipinski definition) is 3. The van der Waals surface area contributed by atoms with E-state index in [0.29, 0.717) is 12.8 Å². The zero-order valence-corrected chi connectivity index (χ0v) is 15.5. The van der Waals surface area contributed by atoms with E-state index in [1.807, 2.05) is 36.4 Å². The Morgan fingerprint density at radius 2 is 1.19 bits per heavy atom. The molecule has 2 N–H and O–H groups in total. The molecule has 0 bridgehead atoms. The maximum Gasteiger partial charge on any atom is 0.0984 e. The highest BCUT2D eigenvalue weighted by molar-refractivity contribution is 8.01. The van der Waals surface area contributed by atoms with Crippen molar-refractivity contribution in [1.29, 1.82) is 10.5 Å². The summed E-state index contributed by atoms with van der Waals surface area (Å²) in [5.41, 5.74) is 4.20. The summed E-state index contributed by atoms with van der Waals surface area (Å²) in [6.07, 6.45) is 1.20. The van der Waals surface area contributed by atoms with Crippen molar-refractivity contribution in [1.82, 2.24) is 9.97 Å². The summed E-state index contributed by atoms with van der Waals surface area (Å²) in [5, 5.41) is 20.9. The van der Waals surface area contributed by atoms with Gasteiger partial charge in [-0.25, -0.2) is 0 Å². The molecule has 2 heterocycles. The van der Waals surface area contributed by atoms with E-state index in [0.717, 1.165) is 33.2 Å². The Morgan fingerprint density at radius 1 is 0.741 bits per heavy atom. The molecular weight excluding hydrogens is 352 g/mol. The average Bonchev–Trinajstić information content (AvgIpc) is 3.29. The predicted molar refractivity (Wildman–Crippen MR) is 110 cm³/mol. The molecule has 2 atom stereocenters. The number of H-pyrrole nitrogens is 2. The lowest BCUT2D eigenvalue weighted by molar-refractivity contribution is 0.951. The van der Waals surface area contributed by atoms with Crippen molar-refractivity contribution in [2.24, 2.45) is 0 Å². The zero-order valence-electron chi connectivity index (χ0n) is 14.6. The number of rotatable bonds is 6. The monoisotopic (exact) mass is 370 g/mol. The second kappa shape index (κ2) is 7.61. The number of aromatic nitrogens is 2. The van der Waals surface area contributed by atoms with Gasteiger partial charge in [0.05, 0.1) is 22.6 Å². The summed E-state index contributed by atoms with van der Waals surface area (Å²) in [4.78, 5) is 6.73. The SMILES string of the molecule is N#CC(Cc1cc2ccccc2[nH]1)SC(C#N)Cc1cc2ccccc2[nH]1. The number of nitrogens with one attached hydrogen (secondary N) is 2. The van der Waals surface area contributed by atoms with E-state index < -0.39 is 0 Å². The topological polar surface area (TPSA) is 79.2 Å². The van der Waals surface area contributed by atoms with Crippen molar-refractivity contribution in [2.45, 2.75) is 23.3 Å². The van der Waals surface area contributed by atoms with Crippen LogP contribution in [0.4, 0.5) is 0 Å². The van der Waals surface area contributed by atoms with Crippen molar-refractivity contribution < 1.29 is 0 Å². The van der Waals surface area contributed by atoms with Crippen LogP contribution in [0.25, 0.3) is 21.8 Å². The van der Waals surface area contributed by atoms with Gasteiger partial charge in [0.15, 0.2) is 0 Å². The van der Waals surface area contributed by atoms with Crippen LogP contribution in [-0.4, -0.2) is 20.5 Å². The van der Waals surface area contributed by atoms with Gasteiger partial charge in [-0.15, -0.1) is 11.8 Å². The number of nitriles is 2. The van der Waals surface area contributed by atoms with Crippen molar-refractivity contribution in [3.63, 3.8) is 0 Å². The van der Waals surface area contributed by atoms with Crippen LogP contribution in [0.1, 0.15) is 11.4 Å². The molecule has 0 aliphatic heterocycles. The fraction of sp³-hybridized carbons (Fsp3) is 0.182. The van der Waals surface area contributed by atoms with E-state index in [2.05, 4.69) is 46.4 Å². The van der Waals surface area contributed by atoms with Crippen LogP contribution in [0.5, 0.6) is 0 Å². The molecular formula is C22H18N4S. The minimum atomic E-state index is -0.271. The normalized spacial score (nSPS) is 13.3. The highest BCUT2D eigenvalue weighted by Crippen LogP contribution is 2.26. The Labute approximate surface area is 161 Å². The number of benzene rings is 2. The largest absolute Gasteiger partial charge is 0.358 e. The van der Waals surface area contributed by atoms with Crippen LogP contribution in [0.2, 0.25) is 0 Å². The lowest BCUT2D eigenvalue weighted by Crippen LogP contribution is -2.13. The molecule has 0 aliphatic rings. The first-order chi connectivity index (χ1) is 13.2. The predicted octanol–water partition coefficient (Wildman–Crippen LogP) is 4.95. The van der Waals surface area contributed by atoms with Crippen LogP contribution < -0.4 is 0 Å². The molecule has 2 aromatic heterocycles. The number of thioether (sulfide) groups is 1. The molecule has 0 radical (unpaired) electrons. The Hall–Kier alpha value is -3.15. The maximum atomic E-state index is 9.59. The number of hydrogen-bond donors (Lipinski definition) is 2. The lowest BCUT2D eigenvalue weighted by Gasteiger charge is -2.12. The molecule has 0 fully saturated rings. The number of para-hydroxylation sites is 2. The van der Waals surface area contributed by atoms with E-state index in [-0.39, 0.29) is 10.5 Å². The molecule has 132 valence electrons. The Balaban J connectivity index is 1.45. The molecule has 2 unspecified atom stereocenters. The molecule has 0 saturated heterocycles. The van der Waals surface area contributed by atoms with Crippen LogP contribution in [-0.2, 0) is 12.8 Å². The fourth-order valence-electron chi connectivity index (χ4n) is 3.33. The first-order valence-electron chi connectivity index (χ1n) is 8.83. The molecule has 0 spiro atoms. The van der Waals surface area contributed by atoms with E-state index in [1.54, 1.807) is 0 Å². The second-order valence-electron chi connectivity index (χ2n) is 6.54. The maximum absolute atomic E-state index is 9.59. The summed E-state index contributed by atoms with van der Waals surface area (Å²) in [6.45, 7) is 0. The van der Waals surface area contributed by atoms with Gasteiger partial charge in [-0.3, -0.25) is 0 Å². The molecule has 4 rings (SSSR count). The van der Waals surface area contributed by atoms with Crippen LogP contribution >= 0.6 is 11.8 Å². The highest BCUT2D eigenvalue weighted by Gasteiger charge is 2.19. The molecule has 2 aromatic carbocycles. The standard InChI is InChI=1S/C22H18N4S/c23-13-19(11-17-9-15-5-1-3-7-21(15)25-17)27-20(14-24)12-18-10-16-6-2-4-8-22(16)26-18/h1-10,19-20,25-26H,11-12H2. The number of fused-ring (bicyclic) bond motifs is 2. The number of nitrogens with zero attached hydrogens (tertiary/aromatic N) is 2. The minimum Gasteiger partial charge on any atom is -0.358 e. The summed E-state index contributed by atoms with van der Waals surface area (Å²) >= 11 is 1.44. The van der Waals surface area contributed by atoms with Gasteiger partial charge in [0.2, 0.25) is 0 Å². The fourth-order valence-corrected chi connectivity index (χ4v) is 4.40. The van der Waals surface area contributed by atoms with E-state index in [4.69, 9.17) is 0 Å². The van der Waals surface area contributed by atoms with Gasteiger partial charge in [-0.1, -0.05) is 36.4 Å². The van der Waals surface area contributed by atoms with Gasteiger partial charge in [-0.05, 0) is 35.0 Å². The second-order valence-corrected chi connectivity index (χ2v) is 7.95. The van der Waals surface area contributed by atoms with Crippen molar-refractivity contribution in [3.05, 3.63) is 72.1 Å². The molecule has 0 saturated carbocycles. The smallest absolute Gasteiger partial charge is 0.0984 e. The Bertz CT molecular complexity index is 1000. The molecule has 4 nitrogen and oxygen atoms in total. The number of aromatic amines is 2. The summed E-state index contributed by atoms with van der Waals surface area (Å²) in [7, 11) is 0. The van der Waals surface area contributed by atoms with Gasteiger partial charge in [0.25, 0.3) is 0 Å². The van der Waals surface area contributed by atoms with Crippen molar-refractivity contribution in [2.75, 3.05) is 0 Å². The van der Waals surface area contributed by atoms with Crippen molar-refractivity contribution in [3.8, 4) is 12.1 Å². The molecule has 0 amide bonds. The van der Waals surface area contributed by atoms with Gasteiger partial charge in [0.1, 0.15) is 0 Å². The van der Waals surface area contributed by atoms with Gasteiger partial charge in [0, 0.05) is 35.3 Å². The third kappa shape index (κ3) is 3.84. The van der Waals surface area contributed by atoms with Crippen LogP contribution in [0, 0.1) is 22.7 Å². The van der Waals surface area contributed by atoms with E-state index in [1.165, 1.54) is 11.8 Å². The first kappa shape index (κ1) is 17.3. The van der Waals surface area contributed by atoms with Crippen LogP contribution in [0.15, 0.2) is 60.7 Å². The first-order valence-corrected chi connectivity index (χ1v) is 9.77. The minimum absolute atomic E-state index is 0.271. The zero-order chi connectivity index (χ0) is 18.6. The third-order valence-corrected chi connectivity index (χ3v) is 5.80. The quantitative estimate of drug-likeness (QED) is 0.504. The van der Waals surface area contributed by atoms with Gasteiger partial charge >= 0.3 is 0 Å². The third-order valence-electron chi connectivity index (χ3n) is 4.60.